The van der Waals surface area contributed by atoms with Crippen molar-refractivity contribution in [3.05, 3.63) is 22.3 Å². The standard InChI is InChI=1S/C16H24BrN3O2/c1-11-8-14(18-9-13(11)17)20-7-5-6-12(10-20)19-15(21)22-16(2,3)4/h8-9,12H,5-7,10H2,1-4H3,(H,19,21). The molecule has 1 atom stereocenters. The SMILES string of the molecule is Cc1cc(N2CCCC(NC(=O)OC(C)(C)C)C2)ncc1Br. The first-order valence-electron chi connectivity index (χ1n) is 7.61. The van der Waals surface area contributed by atoms with E-state index in [0.717, 1.165) is 41.8 Å². The summed E-state index contributed by atoms with van der Waals surface area (Å²) in [6, 6.07) is 2.16. The summed E-state index contributed by atoms with van der Waals surface area (Å²) in [6.45, 7) is 9.38. The van der Waals surface area contributed by atoms with Gasteiger partial charge in [0.15, 0.2) is 0 Å². The minimum absolute atomic E-state index is 0.0920. The van der Waals surface area contributed by atoms with Crippen LogP contribution < -0.4 is 10.2 Å². The number of hydrogen-bond donors (Lipinski definition) is 1. The van der Waals surface area contributed by atoms with Gasteiger partial charge in [-0.15, -0.1) is 0 Å². The minimum atomic E-state index is -0.469. The van der Waals surface area contributed by atoms with E-state index in [9.17, 15) is 4.79 Å². The summed E-state index contributed by atoms with van der Waals surface area (Å²) in [5.41, 5.74) is 0.690. The van der Waals surface area contributed by atoms with Crippen molar-refractivity contribution in [2.75, 3.05) is 18.0 Å². The summed E-state index contributed by atoms with van der Waals surface area (Å²) < 4.78 is 6.34. The second kappa shape index (κ2) is 6.86. The lowest BCUT2D eigenvalue weighted by molar-refractivity contribution is 0.0500. The maximum atomic E-state index is 11.9. The predicted octanol–water partition coefficient (Wildman–Crippen LogP) is 3.65. The second-order valence-corrected chi connectivity index (χ2v) is 7.58. The van der Waals surface area contributed by atoms with Gasteiger partial charge in [0.25, 0.3) is 0 Å². The lowest BCUT2D eigenvalue weighted by atomic mass is 10.1. The first-order chi connectivity index (χ1) is 10.2. The Morgan fingerprint density at radius 2 is 2.23 bits per heavy atom. The Labute approximate surface area is 140 Å². The van der Waals surface area contributed by atoms with E-state index >= 15 is 0 Å². The molecule has 1 fully saturated rings. The van der Waals surface area contributed by atoms with E-state index in [1.807, 2.05) is 27.0 Å². The zero-order valence-corrected chi connectivity index (χ0v) is 15.2. The first kappa shape index (κ1) is 17.1. The first-order valence-corrected chi connectivity index (χ1v) is 8.40. The topological polar surface area (TPSA) is 54.5 Å². The van der Waals surface area contributed by atoms with Crippen LogP contribution in [0.15, 0.2) is 16.7 Å². The molecule has 1 aromatic rings. The van der Waals surface area contributed by atoms with Crippen molar-refractivity contribution < 1.29 is 9.53 Å². The van der Waals surface area contributed by atoms with Crippen LogP contribution in [-0.2, 0) is 4.74 Å². The molecule has 1 saturated heterocycles. The molecule has 0 saturated carbocycles. The van der Waals surface area contributed by atoms with Gasteiger partial charge in [-0.3, -0.25) is 0 Å². The van der Waals surface area contributed by atoms with Crippen LogP contribution in [0.3, 0.4) is 0 Å². The van der Waals surface area contributed by atoms with Gasteiger partial charge in [0.2, 0.25) is 0 Å². The van der Waals surface area contributed by atoms with Crippen molar-refractivity contribution in [3.63, 3.8) is 0 Å². The van der Waals surface area contributed by atoms with Crippen molar-refractivity contribution >= 4 is 27.8 Å². The second-order valence-electron chi connectivity index (χ2n) is 6.72. The van der Waals surface area contributed by atoms with E-state index in [0.29, 0.717) is 0 Å². The summed E-state index contributed by atoms with van der Waals surface area (Å²) >= 11 is 3.47. The Hall–Kier alpha value is -1.30. The van der Waals surface area contributed by atoms with Gasteiger partial charge in [-0.25, -0.2) is 9.78 Å². The number of alkyl carbamates (subject to hydrolysis) is 1. The fourth-order valence-corrected chi connectivity index (χ4v) is 2.69. The molecular formula is C16H24BrN3O2. The molecule has 0 aromatic carbocycles. The third-order valence-electron chi connectivity index (χ3n) is 3.50. The van der Waals surface area contributed by atoms with E-state index in [2.05, 4.69) is 44.1 Å². The van der Waals surface area contributed by atoms with Gasteiger partial charge in [-0.1, -0.05) is 0 Å². The number of piperidine rings is 1. The zero-order chi connectivity index (χ0) is 16.3. The predicted molar refractivity (Wildman–Crippen MR) is 91.3 cm³/mol. The van der Waals surface area contributed by atoms with Crippen molar-refractivity contribution in [1.29, 1.82) is 0 Å². The Morgan fingerprint density at radius 3 is 2.86 bits per heavy atom. The van der Waals surface area contributed by atoms with Crippen LogP contribution in [-0.4, -0.2) is 35.8 Å². The molecule has 2 heterocycles. The number of rotatable bonds is 2. The van der Waals surface area contributed by atoms with E-state index in [1.54, 1.807) is 0 Å². The molecule has 6 heteroatoms. The number of hydrogen-bond acceptors (Lipinski definition) is 4. The molecule has 1 aromatic heterocycles. The van der Waals surface area contributed by atoms with Gasteiger partial charge >= 0.3 is 6.09 Å². The monoisotopic (exact) mass is 369 g/mol. The molecule has 1 aliphatic heterocycles. The number of amides is 1. The minimum Gasteiger partial charge on any atom is -0.444 e. The fraction of sp³-hybridized carbons (Fsp3) is 0.625. The Bertz CT molecular complexity index is 543. The Kier molecular flexibility index (Phi) is 5.32. The van der Waals surface area contributed by atoms with Crippen LogP contribution in [0.4, 0.5) is 10.6 Å². The number of ether oxygens (including phenoxy) is 1. The molecule has 5 nitrogen and oxygen atoms in total. The maximum Gasteiger partial charge on any atom is 0.407 e. The number of carbonyl (C=O) groups excluding carboxylic acids is 1. The summed E-state index contributed by atoms with van der Waals surface area (Å²) in [4.78, 5) is 18.6. The number of aryl methyl sites for hydroxylation is 1. The Morgan fingerprint density at radius 1 is 1.50 bits per heavy atom. The number of carbonyl (C=O) groups is 1. The molecule has 0 radical (unpaired) electrons. The zero-order valence-electron chi connectivity index (χ0n) is 13.6. The number of pyridine rings is 1. The van der Waals surface area contributed by atoms with Crippen LogP contribution >= 0.6 is 15.9 Å². The van der Waals surface area contributed by atoms with Crippen molar-refractivity contribution in [3.8, 4) is 0 Å². The number of anilines is 1. The lowest BCUT2D eigenvalue weighted by Gasteiger charge is -2.34. The van der Waals surface area contributed by atoms with Crippen molar-refractivity contribution in [1.82, 2.24) is 10.3 Å². The van der Waals surface area contributed by atoms with Gasteiger partial charge in [0.1, 0.15) is 11.4 Å². The summed E-state index contributed by atoms with van der Waals surface area (Å²) in [5, 5.41) is 2.96. The highest BCUT2D eigenvalue weighted by molar-refractivity contribution is 9.10. The largest absolute Gasteiger partial charge is 0.444 e. The average Bonchev–Trinajstić information content (AvgIpc) is 2.40. The smallest absolute Gasteiger partial charge is 0.407 e. The highest BCUT2D eigenvalue weighted by atomic mass is 79.9. The Balaban J connectivity index is 1.96. The van der Waals surface area contributed by atoms with Gasteiger partial charge in [-0.2, -0.15) is 0 Å². The molecule has 0 spiro atoms. The number of halogens is 1. The molecule has 122 valence electrons. The van der Waals surface area contributed by atoms with Crippen LogP contribution in [0, 0.1) is 6.92 Å². The van der Waals surface area contributed by atoms with E-state index in [-0.39, 0.29) is 12.1 Å². The molecule has 0 bridgehead atoms. The third kappa shape index (κ3) is 4.87. The number of nitrogens with one attached hydrogen (secondary N) is 1. The average molecular weight is 370 g/mol. The maximum absolute atomic E-state index is 11.9. The van der Waals surface area contributed by atoms with Crippen molar-refractivity contribution in [2.24, 2.45) is 0 Å². The lowest BCUT2D eigenvalue weighted by Crippen LogP contribution is -2.49. The summed E-state index contributed by atoms with van der Waals surface area (Å²) in [6.07, 6.45) is 3.47. The van der Waals surface area contributed by atoms with Crippen LogP contribution in [0.2, 0.25) is 0 Å². The molecule has 1 N–H and O–H groups in total. The molecule has 1 aliphatic rings. The normalized spacial score (nSPS) is 19.0. The molecule has 0 aliphatic carbocycles. The number of nitrogens with zero attached hydrogens (tertiary/aromatic N) is 2. The van der Waals surface area contributed by atoms with Gasteiger partial charge in [-0.05, 0) is 68.1 Å². The molecule has 1 amide bonds. The van der Waals surface area contributed by atoms with Gasteiger partial charge < -0.3 is 15.0 Å². The van der Waals surface area contributed by atoms with E-state index in [1.165, 1.54) is 0 Å². The highest BCUT2D eigenvalue weighted by Gasteiger charge is 2.24. The van der Waals surface area contributed by atoms with E-state index < -0.39 is 5.60 Å². The molecule has 2 rings (SSSR count). The summed E-state index contributed by atoms with van der Waals surface area (Å²) in [7, 11) is 0. The van der Waals surface area contributed by atoms with Gasteiger partial charge in [0, 0.05) is 29.8 Å². The molecule has 22 heavy (non-hydrogen) atoms. The van der Waals surface area contributed by atoms with Crippen molar-refractivity contribution in [2.45, 2.75) is 52.2 Å². The summed E-state index contributed by atoms with van der Waals surface area (Å²) in [5.74, 6) is 0.955. The van der Waals surface area contributed by atoms with Crippen LogP contribution in [0.5, 0.6) is 0 Å². The number of aromatic nitrogens is 1. The quantitative estimate of drug-likeness (QED) is 0.864. The highest BCUT2D eigenvalue weighted by Crippen LogP contribution is 2.23. The van der Waals surface area contributed by atoms with Crippen LogP contribution in [0.25, 0.3) is 0 Å². The third-order valence-corrected chi connectivity index (χ3v) is 4.33. The van der Waals surface area contributed by atoms with Gasteiger partial charge in [0.05, 0.1) is 0 Å². The molecule has 1 unspecified atom stereocenters. The fourth-order valence-electron chi connectivity index (χ4n) is 2.47. The van der Waals surface area contributed by atoms with Crippen LogP contribution in [0.1, 0.15) is 39.2 Å². The van der Waals surface area contributed by atoms with E-state index in [4.69, 9.17) is 4.74 Å². The molecular weight excluding hydrogens is 346 g/mol.